The number of hydrogen-bond acceptors (Lipinski definition) is 4. The van der Waals surface area contributed by atoms with Crippen LogP contribution in [0.25, 0.3) is 0 Å². The molecule has 0 bridgehead atoms. The molecule has 0 fully saturated rings. The Labute approximate surface area is 121 Å². The van der Waals surface area contributed by atoms with Crippen LogP contribution in [0, 0.1) is 0 Å². The Balaban J connectivity index is 4.12. The van der Waals surface area contributed by atoms with Gasteiger partial charge in [0.1, 0.15) is 0 Å². The van der Waals surface area contributed by atoms with E-state index < -0.39 is 11.8 Å². The van der Waals surface area contributed by atoms with E-state index >= 15 is 0 Å². The SMILES string of the molecule is CCCCC(C)=NNC(=O)C(=O)NN=C(C)CCCC. The Hall–Kier alpha value is -1.72. The zero-order valence-electron chi connectivity index (χ0n) is 13.0. The second-order valence-electron chi connectivity index (χ2n) is 4.78. The molecule has 0 unspecified atom stereocenters. The summed E-state index contributed by atoms with van der Waals surface area (Å²) in [6, 6.07) is 0. The van der Waals surface area contributed by atoms with Gasteiger partial charge in [-0.2, -0.15) is 10.2 Å². The number of hydrogen-bond donors (Lipinski definition) is 2. The third kappa shape index (κ3) is 9.24. The van der Waals surface area contributed by atoms with Crippen LogP contribution in [0.5, 0.6) is 0 Å². The predicted octanol–water partition coefficient (Wildman–Crippen LogP) is 2.35. The molecule has 0 saturated heterocycles. The summed E-state index contributed by atoms with van der Waals surface area (Å²) < 4.78 is 0. The van der Waals surface area contributed by atoms with E-state index in [1.807, 2.05) is 13.8 Å². The Bertz CT molecular complexity index is 339. The normalized spacial score (nSPS) is 12.2. The zero-order chi connectivity index (χ0) is 15.4. The molecule has 0 aromatic heterocycles. The minimum atomic E-state index is -0.798. The first-order valence-corrected chi connectivity index (χ1v) is 7.17. The summed E-state index contributed by atoms with van der Waals surface area (Å²) in [5.74, 6) is -1.60. The molecule has 0 aromatic rings. The molecule has 6 heteroatoms. The lowest BCUT2D eigenvalue weighted by Gasteiger charge is -2.02. The quantitative estimate of drug-likeness (QED) is 0.407. The van der Waals surface area contributed by atoms with Crippen molar-refractivity contribution in [2.75, 3.05) is 0 Å². The van der Waals surface area contributed by atoms with Gasteiger partial charge in [-0.15, -0.1) is 0 Å². The van der Waals surface area contributed by atoms with Crippen LogP contribution in [0.1, 0.15) is 66.2 Å². The van der Waals surface area contributed by atoms with E-state index in [0.29, 0.717) is 0 Å². The topological polar surface area (TPSA) is 82.9 Å². The summed E-state index contributed by atoms with van der Waals surface area (Å²) >= 11 is 0. The van der Waals surface area contributed by atoms with Gasteiger partial charge in [-0.25, -0.2) is 10.9 Å². The number of carbonyl (C=O) groups is 2. The van der Waals surface area contributed by atoms with E-state index in [1.54, 1.807) is 0 Å². The predicted molar refractivity (Wildman–Crippen MR) is 81.6 cm³/mol. The van der Waals surface area contributed by atoms with Crippen molar-refractivity contribution in [1.29, 1.82) is 0 Å². The first kappa shape index (κ1) is 18.3. The molecule has 0 rings (SSSR count). The van der Waals surface area contributed by atoms with Gasteiger partial charge < -0.3 is 0 Å². The van der Waals surface area contributed by atoms with Gasteiger partial charge in [0.2, 0.25) is 0 Å². The molecule has 0 radical (unpaired) electrons. The fraction of sp³-hybridized carbons (Fsp3) is 0.714. The van der Waals surface area contributed by atoms with Crippen molar-refractivity contribution in [2.24, 2.45) is 10.2 Å². The maximum atomic E-state index is 11.4. The van der Waals surface area contributed by atoms with Gasteiger partial charge in [0.25, 0.3) is 0 Å². The van der Waals surface area contributed by atoms with E-state index in [2.05, 4.69) is 34.9 Å². The molecule has 0 aliphatic rings. The molecule has 2 amide bonds. The number of amides is 2. The van der Waals surface area contributed by atoms with Crippen LogP contribution in [0.2, 0.25) is 0 Å². The van der Waals surface area contributed by atoms with Crippen molar-refractivity contribution in [3.8, 4) is 0 Å². The molecule has 0 aromatic carbocycles. The van der Waals surface area contributed by atoms with Crippen molar-refractivity contribution in [3.63, 3.8) is 0 Å². The third-order valence-electron chi connectivity index (χ3n) is 2.69. The largest absolute Gasteiger partial charge is 0.331 e. The zero-order valence-corrected chi connectivity index (χ0v) is 13.0. The minimum Gasteiger partial charge on any atom is -0.262 e. The van der Waals surface area contributed by atoms with Gasteiger partial charge in [0.15, 0.2) is 0 Å². The highest BCUT2D eigenvalue weighted by atomic mass is 16.2. The van der Waals surface area contributed by atoms with E-state index in [1.165, 1.54) is 0 Å². The van der Waals surface area contributed by atoms with Crippen LogP contribution in [-0.4, -0.2) is 23.2 Å². The second kappa shape index (κ2) is 11.1. The lowest BCUT2D eigenvalue weighted by Crippen LogP contribution is -2.36. The Morgan fingerprint density at radius 2 is 1.15 bits per heavy atom. The lowest BCUT2D eigenvalue weighted by molar-refractivity contribution is -0.139. The first-order valence-electron chi connectivity index (χ1n) is 7.17. The maximum absolute atomic E-state index is 11.4. The van der Waals surface area contributed by atoms with Gasteiger partial charge in [0.05, 0.1) is 0 Å². The minimum absolute atomic E-state index is 0.798. The summed E-state index contributed by atoms with van der Waals surface area (Å²) in [7, 11) is 0. The van der Waals surface area contributed by atoms with Crippen LogP contribution >= 0.6 is 0 Å². The molecule has 6 nitrogen and oxygen atoms in total. The summed E-state index contributed by atoms with van der Waals surface area (Å²) in [6.07, 6.45) is 5.77. The highest BCUT2D eigenvalue weighted by Crippen LogP contribution is 1.96. The lowest BCUT2D eigenvalue weighted by atomic mass is 10.2. The molecular weight excluding hydrogens is 256 g/mol. The monoisotopic (exact) mass is 282 g/mol. The average Bonchev–Trinajstić information content (AvgIpc) is 2.45. The van der Waals surface area contributed by atoms with Crippen LogP contribution < -0.4 is 10.9 Å². The van der Waals surface area contributed by atoms with Crippen molar-refractivity contribution < 1.29 is 9.59 Å². The smallest absolute Gasteiger partial charge is 0.262 e. The van der Waals surface area contributed by atoms with Gasteiger partial charge in [-0.1, -0.05) is 26.7 Å². The molecule has 0 atom stereocenters. The fourth-order valence-corrected chi connectivity index (χ4v) is 1.37. The molecule has 0 aliphatic carbocycles. The second-order valence-corrected chi connectivity index (χ2v) is 4.78. The van der Waals surface area contributed by atoms with Gasteiger partial charge >= 0.3 is 11.8 Å². The molecule has 0 spiro atoms. The number of nitrogens with one attached hydrogen (secondary N) is 2. The Kier molecular flexibility index (Phi) is 10.2. The summed E-state index contributed by atoms with van der Waals surface area (Å²) in [5.41, 5.74) is 6.05. The van der Waals surface area contributed by atoms with Crippen molar-refractivity contribution in [1.82, 2.24) is 10.9 Å². The molecule has 114 valence electrons. The van der Waals surface area contributed by atoms with Crippen molar-refractivity contribution >= 4 is 23.2 Å². The van der Waals surface area contributed by atoms with Crippen LogP contribution in [0.3, 0.4) is 0 Å². The number of hydrazone groups is 2. The fourth-order valence-electron chi connectivity index (χ4n) is 1.37. The van der Waals surface area contributed by atoms with E-state index in [9.17, 15) is 9.59 Å². The van der Waals surface area contributed by atoms with Gasteiger partial charge in [-0.05, 0) is 39.5 Å². The highest BCUT2D eigenvalue weighted by Gasteiger charge is 2.11. The third-order valence-corrected chi connectivity index (χ3v) is 2.69. The molecule has 20 heavy (non-hydrogen) atoms. The average molecular weight is 282 g/mol. The van der Waals surface area contributed by atoms with Gasteiger partial charge in [0, 0.05) is 11.4 Å². The van der Waals surface area contributed by atoms with Crippen molar-refractivity contribution in [2.45, 2.75) is 66.2 Å². The number of rotatable bonds is 8. The van der Waals surface area contributed by atoms with Crippen molar-refractivity contribution in [3.05, 3.63) is 0 Å². The van der Waals surface area contributed by atoms with Gasteiger partial charge in [-0.3, -0.25) is 9.59 Å². The number of nitrogens with zero attached hydrogens (tertiary/aromatic N) is 2. The Morgan fingerprint density at radius 3 is 1.45 bits per heavy atom. The number of carbonyl (C=O) groups excluding carboxylic acids is 2. The maximum Gasteiger partial charge on any atom is 0.331 e. The standard InChI is InChI=1S/C14H26N4O2/c1-5-7-9-11(3)15-17-13(19)14(20)18-16-12(4)10-8-6-2/h5-10H2,1-4H3,(H,17,19)(H,18,20). The molecule has 0 aliphatic heterocycles. The van der Waals surface area contributed by atoms with E-state index in [0.717, 1.165) is 49.9 Å². The van der Waals surface area contributed by atoms with E-state index in [4.69, 9.17) is 0 Å². The Morgan fingerprint density at radius 1 is 0.800 bits per heavy atom. The van der Waals surface area contributed by atoms with Crippen LogP contribution in [-0.2, 0) is 9.59 Å². The molecule has 0 saturated carbocycles. The van der Waals surface area contributed by atoms with Crippen LogP contribution in [0.15, 0.2) is 10.2 Å². The first-order chi connectivity index (χ1) is 9.51. The summed E-state index contributed by atoms with van der Waals surface area (Å²) in [6.45, 7) is 7.80. The summed E-state index contributed by atoms with van der Waals surface area (Å²) in [4.78, 5) is 22.9. The molecular formula is C14H26N4O2. The number of unbranched alkanes of at least 4 members (excludes halogenated alkanes) is 2. The molecule has 0 heterocycles. The van der Waals surface area contributed by atoms with Crippen LogP contribution in [0.4, 0.5) is 0 Å². The molecule has 2 N–H and O–H groups in total. The summed E-state index contributed by atoms with van der Waals surface area (Å²) in [5, 5.41) is 7.73. The highest BCUT2D eigenvalue weighted by molar-refractivity contribution is 6.35. The van der Waals surface area contributed by atoms with E-state index in [-0.39, 0.29) is 0 Å².